The first-order valence-corrected chi connectivity index (χ1v) is 4.71. The lowest BCUT2D eigenvalue weighted by Crippen LogP contribution is -2.10. The van der Waals surface area contributed by atoms with E-state index < -0.39 is 11.7 Å². The van der Waals surface area contributed by atoms with Gasteiger partial charge in [-0.2, -0.15) is 13.2 Å². The van der Waals surface area contributed by atoms with E-state index in [1.807, 2.05) is 0 Å². The van der Waals surface area contributed by atoms with Gasteiger partial charge in [0, 0.05) is 12.0 Å². The SMILES string of the molecule is O=C1CCc2c1ccc(Cl)c2C(F)(F)F. The summed E-state index contributed by atoms with van der Waals surface area (Å²) in [7, 11) is 0. The molecule has 0 radical (unpaired) electrons. The highest BCUT2D eigenvalue weighted by atomic mass is 35.5. The number of halogens is 4. The maximum atomic E-state index is 12.6. The van der Waals surface area contributed by atoms with Crippen molar-refractivity contribution in [3.05, 3.63) is 33.8 Å². The predicted molar refractivity (Wildman–Crippen MR) is 49.1 cm³/mol. The lowest BCUT2D eigenvalue weighted by atomic mass is 10.0. The lowest BCUT2D eigenvalue weighted by Gasteiger charge is -2.13. The van der Waals surface area contributed by atoms with Crippen LogP contribution in [-0.2, 0) is 12.6 Å². The molecule has 0 unspecified atom stereocenters. The molecule has 1 nitrogen and oxygen atoms in total. The summed E-state index contributed by atoms with van der Waals surface area (Å²) in [5.74, 6) is -0.243. The number of hydrogen-bond donors (Lipinski definition) is 0. The number of carbonyl (C=O) groups is 1. The predicted octanol–water partition coefficient (Wildman–Crippen LogP) is 3.49. The van der Waals surface area contributed by atoms with E-state index in [1.54, 1.807) is 0 Å². The lowest BCUT2D eigenvalue weighted by molar-refractivity contribution is -0.138. The molecule has 0 bridgehead atoms. The summed E-state index contributed by atoms with van der Waals surface area (Å²) in [6.45, 7) is 0. The Kier molecular flexibility index (Phi) is 2.26. The third-order valence-corrected chi connectivity index (χ3v) is 2.76. The molecule has 0 saturated carbocycles. The van der Waals surface area contributed by atoms with Gasteiger partial charge in [0.05, 0.1) is 10.6 Å². The quantitative estimate of drug-likeness (QED) is 0.672. The number of fused-ring (bicyclic) bond motifs is 1. The molecule has 0 aliphatic heterocycles. The van der Waals surface area contributed by atoms with Gasteiger partial charge in [-0.05, 0) is 24.1 Å². The van der Waals surface area contributed by atoms with Crippen LogP contribution in [0, 0.1) is 0 Å². The molecular formula is C10H6ClF3O. The van der Waals surface area contributed by atoms with Gasteiger partial charge in [0.1, 0.15) is 0 Å². The fourth-order valence-corrected chi connectivity index (χ4v) is 2.10. The fourth-order valence-electron chi connectivity index (χ4n) is 1.82. The molecule has 1 aliphatic rings. The zero-order valence-electron chi connectivity index (χ0n) is 7.49. The van der Waals surface area contributed by atoms with Crippen molar-refractivity contribution in [2.45, 2.75) is 19.0 Å². The van der Waals surface area contributed by atoms with Gasteiger partial charge in [-0.15, -0.1) is 0 Å². The first-order valence-electron chi connectivity index (χ1n) is 4.33. The van der Waals surface area contributed by atoms with E-state index in [9.17, 15) is 18.0 Å². The molecule has 0 atom stereocenters. The largest absolute Gasteiger partial charge is 0.418 e. The molecule has 0 amide bonds. The Hall–Kier alpha value is -1.03. The maximum Gasteiger partial charge on any atom is 0.418 e. The van der Waals surface area contributed by atoms with Crippen LogP contribution >= 0.6 is 11.6 Å². The van der Waals surface area contributed by atoms with Gasteiger partial charge < -0.3 is 0 Å². The Balaban J connectivity index is 2.70. The Morgan fingerprint density at radius 2 is 1.87 bits per heavy atom. The number of Topliss-reactive ketones (excluding diaryl/α,β-unsaturated/α-hetero) is 1. The Morgan fingerprint density at radius 1 is 1.20 bits per heavy atom. The van der Waals surface area contributed by atoms with Gasteiger partial charge in [-0.1, -0.05) is 11.6 Å². The number of carbonyl (C=O) groups excluding carboxylic acids is 1. The second-order valence-electron chi connectivity index (χ2n) is 3.37. The Morgan fingerprint density at radius 3 is 2.47 bits per heavy atom. The minimum absolute atomic E-state index is 0.0417. The molecule has 1 aromatic rings. The molecule has 1 aromatic carbocycles. The summed E-state index contributed by atoms with van der Waals surface area (Å²) in [5, 5.41) is -0.337. The normalized spacial score (nSPS) is 15.6. The van der Waals surface area contributed by atoms with E-state index in [0.717, 1.165) is 6.07 Å². The van der Waals surface area contributed by atoms with Gasteiger partial charge in [0.15, 0.2) is 5.78 Å². The molecular weight excluding hydrogens is 229 g/mol. The molecule has 80 valence electrons. The number of alkyl halides is 3. The monoisotopic (exact) mass is 234 g/mol. The first kappa shape index (κ1) is 10.5. The topological polar surface area (TPSA) is 17.1 Å². The summed E-state index contributed by atoms with van der Waals surface area (Å²) in [6.07, 6.45) is -4.23. The van der Waals surface area contributed by atoms with Crippen molar-refractivity contribution < 1.29 is 18.0 Å². The van der Waals surface area contributed by atoms with Crippen molar-refractivity contribution in [2.24, 2.45) is 0 Å². The summed E-state index contributed by atoms with van der Waals surface area (Å²) in [5.41, 5.74) is -0.653. The minimum Gasteiger partial charge on any atom is -0.294 e. The summed E-state index contributed by atoms with van der Waals surface area (Å²) in [4.78, 5) is 11.2. The van der Waals surface area contributed by atoms with Crippen LogP contribution in [0.1, 0.15) is 27.9 Å². The number of hydrogen-bond acceptors (Lipinski definition) is 1. The van der Waals surface area contributed by atoms with E-state index in [0.29, 0.717) is 0 Å². The first-order chi connectivity index (χ1) is 6.91. The van der Waals surface area contributed by atoms with Crippen LogP contribution in [-0.4, -0.2) is 5.78 Å². The van der Waals surface area contributed by atoms with Crippen LogP contribution < -0.4 is 0 Å². The highest BCUT2D eigenvalue weighted by molar-refractivity contribution is 6.31. The Bertz CT molecular complexity index is 437. The summed E-state index contributed by atoms with van der Waals surface area (Å²) >= 11 is 5.51. The van der Waals surface area contributed by atoms with E-state index in [-0.39, 0.29) is 34.8 Å². The molecule has 0 heterocycles. The smallest absolute Gasteiger partial charge is 0.294 e. The standard InChI is InChI=1S/C10H6ClF3O/c11-7-3-1-5-6(2-4-8(5)15)9(7)10(12,13)14/h1,3H,2,4H2. The average molecular weight is 235 g/mol. The minimum atomic E-state index is -4.49. The van der Waals surface area contributed by atoms with E-state index in [2.05, 4.69) is 0 Å². The van der Waals surface area contributed by atoms with Crippen molar-refractivity contribution in [2.75, 3.05) is 0 Å². The summed E-state index contributed by atoms with van der Waals surface area (Å²) in [6, 6.07) is 2.49. The number of benzene rings is 1. The van der Waals surface area contributed by atoms with E-state index in [1.165, 1.54) is 6.07 Å². The highest BCUT2D eigenvalue weighted by Gasteiger charge is 2.39. The Labute approximate surface area is 88.8 Å². The molecule has 0 spiro atoms. The second-order valence-corrected chi connectivity index (χ2v) is 3.78. The maximum absolute atomic E-state index is 12.6. The fraction of sp³-hybridized carbons (Fsp3) is 0.300. The van der Waals surface area contributed by atoms with Gasteiger partial charge >= 0.3 is 6.18 Å². The van der Waals surface area contributed by atoms with Crippen LogP contribution in [0.3, 0.4) is 0 Å². The van der Waals surface area contributed by atoms with Gasteiger partial charge in [-0.25, -0.2) is 0 Å². The van der Waals surface area contributed by atoms with Gasteiger partial charge in [0.25, 0.3) is 0 Å². The van der Waals surface area contributed by atoms with E-state index in [4.69, 9.17) is 11.6 Å². The van der Waals surface area contributed by atoms with E-state index >= 15 is 0 Å². The van der Waals surface area contributed by atoms with Crippen molar-refractivity contribution in [3.63, 3.8) is 0 Å². The molecule has 0 aromatic heterocycles. The molecule has 1 aliphatic carbocycles. The second kappa shape index (κ2) is 3.23. The average Bonchev–Trinajstić information content (AvgIpc) is 2.45. The highest BCUT2D eigenvalue weighted by Crippen LogP contribution is 2.41. The molecule has 0 N–H and O–H groups in total. The van der Waals surface area contributed by atoms with Gasteiger partial charge in [-0.3, -0.25) is 4.79 Å². The van der Waals surface area contributed by atoms with Crippen LogP contribution in [0.4, 0.5) is 13.2 Å². The van der Waals surface area contributed by atoms with Crippen LogP contribution in [0.5, 0.6) is 0 Å². The molecule has 0 saturated heterocycles. The summed E-state index contributed by atoms with van der Waals surface area (Å²) < 4.78 is 37.9. The van der Waals surface area contributed by atoms with Crippen molar-refractivity contribution >= 4 is 17.4 Å². The zero-order valence-corrected chi connectivity index (χ0v) is 8.24. The molecule has 5 heteroatoms. The number of ketones is 1. The zero-order chi connectivity index (χ0) is 11.2. The molecule has 15 heavy (non-hydrogen) atoms. The van der Waals surface area contributed by atoms with Crippen LogP contribution in [0.25, 0.3) is 0 Å². The molecule has 0 fully saturated rings. The third-order valence-electron chi connectivity index (χ3n) is 2.45. The van der Waals surface area contributed by atoms with Gasteiger partial charge in [0.2, 0.25) is 0 Å². The van der Waals surface area contributed by atoms with Crippen molar-refractivity contribution in [1.29, 1.82) is 0 Å². The van der Waals surface area contributed by atoms with Crippen molar-refractivity contribution in [1.82, 2.24) is 0 Å². The number of rotatable bonds is 0. The van der Waals surface area contributed by atoms with Crippen LogP contribution in [0.2, 0.25) is 5.02 Å². The van der Waals surface area contributed by atoms with Crippen molar-refractivity contribution in [3.8, 4) is 0 Å². The third kappa shape index (κ3) is 1.63. The molecule has 2 rings (SSSR count). The van der Waals surface area contributed by atoms with Crippen LogP contribution in [0.15, 0.2) is 12.1 Å².